The number of carbonyl (C=O) groups is 1. The van der Waals surface area contributed by atoms with Crippen LogP contribution in [0.3, 0.4) is 0 Å². The molecule has 0 bridgehead atoms. The molecule has 0 saturated heterocycles. The van der Waals surface area contributed by atoms with Crippen molar-refractivity contribution in [2.45, 2.75) is 39.7 Å². The molecule has 2 aromatic rings. The zero-order valence-electron chi connectivity index (χ0n) is 13.3. The summed E-state index contributed by atoms with van der Waals surface area (Å²) in [6.07, 6.45) is 0. The molecule has 5 nitrogen and oxygen atoms in total. The fraction of sp³-hybridized carbons (Fsp3) is 0.438. The Bertz CT molecular complexity index is 653. The van der Waals surface area contributed by atoms with Crippen molar-refractivity contribution in [3.8, 4) is 0 Å². The summed E-state index contributed by atoms with van der Waals surface area (Å²) in [7, 11) is 1.89. The van der Waals surface area contributed by atoms with Gasteiger partial charge in [-0.2, -0.15) is 0 Å². The number of nitrogens with one attached hydrogen (secondary N) is 1. The Morgan fingerprint density at radius 3 is 2.48 bits per heavy atom. The molecule has 1 heterocycles. The smallest absolute Gasteiger partial charge is 0.251 e. The molecule has 2 rings (SSSR count). The lowest BCUT2D eigenvalue weighted by Gasteiger charge is -2.22. The highest BCUT2D eigenvalue weighted by Crippen LogP contribution is 2.25. The van der Waals surface area contributed by atoms with E-state index in [0.29, 0.717) is 12.1 Å². The van der Waals surface area contributed by atoms with Crippen molar-refractivity contribution in [2.24, 2.45) is 7.05 Å². The topological polar surface area (TPSA) is 59.8 Å². The first-order valence-corrected chi connectivity index (χ1v) is 7.03. The lowest BCUT2D eigenvalue weighted by atomic mass is 9.83. The lowest BCUT2D eigenvalue weighted by Crippen LogP contribution is -2.27. The van der Waals surface area contributed by atoms with Gasteiger partial charge in [-0.3, -0.25) is 4.79 Å². The Labute approximate surface area is 125 Å². The second-order valence-corrected chi connectivity index (χ2v) is 6.20. The van der Waals surface area contributed by atoms with Crippen molar-refractivity contribution >= 4 is 5.91 Å². The van der Waals surface area contributed by atoms with Crippen molar-refractivity contribution < 1.29 is 4.79 Å². The lowest BCUT2D eigenvalue weighted by molar-refractivity contribution is 0.0947. The van der Waals surface area contributed by atoms with Gasteiger partial charge in [0, 0.05) is 12.6 Å². The summed E-state index contributed by atoms with van der Waals surface area (Å²) >= 11 is 0. The summed E-state index contributed by atoms with van der Waals surface area (Å²) in [5.41, 5.74) is 1.68. The van der Waals surface area contributed by atoms with E-state index in [0.717, 1.165) is 17.2 Å². The van der Waals surface area contributed by atoms with Gasteiger partial charge in [-0.05, 0) is 24.0 Å². The zero-order valence-corrected chi connectivity index (χ0v) is 13.3. The van der Waals surface area contributed by atoms with Crippen LogP contribution in [0.5, 0.6) is 0 Å². The first-order valence-electron chi connectivity index (χ1n) is 7.03. The van der Waals surface area contributed by atoms with E-state index in [4.69, 9.17) is 0 Å². The summed E-state index contributed by atoms with van der Waals surface area (Å²) in [5.74, 6) is 1.49. The van der Waals surface area contributed by atoms with E-state index in [-0.39, 0.29) is 11.3 Å². The number of amides is 1. The van der Waals surface area contributed by atoms with Crippen LogP contribution in [-0.4, -0.2) is 20.7 Å². The second-order valence-electron chi connectivity index (χ2n) is 6.20. The molecule has 1 N–H and O–H groups in total. The number of carbonyl (C=O) groups excluding carboxylic acids is 1. The average Bonchev–Trinajstić information content (AvgIpc) is 2.75. The molecule has 5 heteroatoms. The van der Waals surface area contributed by atoms with Gasteiger partial charge < -0.3 is 9.88 Å². The molecule has 0 saturated carbocycles. The molecule has 1 amide bonds. The van der Waals surface area contributed by atoms with Gasteiger partial charge in [-0.25, -0.2) is 0 Å². The molecule has 0 atom stereocenters. The van der Waals surface area contributed by atoms with Crippen molar-refractivity contribution in [3.63, 3.8) is 0 Å². The molecule has 0 fully saturated rings. The Morgan fingerprint density at radius 2 is 1.90 bits per heavy atom. The minimum Gasteiger partial charge on any atom is -0.345 e. The first-order chi connectivity index (χ1) is 9.80. The molecule has 0 unspecified atom stereocenters. The maximum Gasteiger partial charge on any atom is 0.251 e. The van der Waals surface area contributed by atoms with Gasteiger partial charge in [0.15, 0.2) is 5.82 Å². The van der Waals surface area contributed by atoms with Crippen molar-refractivity contribution in [1.82, 2.24) is 20.1 Å². The molecule has 1 aromatic heterocycles. The van der Waals surface area contributed by atoms with Gasteiger partial charge in [0.05, 0.1) is 6.54 Å². The molecule has 0 aliphatic heterocycles. The Hall–Kier alpha value is -2.17. The summed E-state index contributed by atoms with van der Waals surface area (Å²) < 4.78 is 1.87. The Kier molecular flexibility index (Phi) is 4.11. The van der Waals surface area contributed by atoms with E-state index in [1.165, 1.54) is 0 Å². The second kappa shape index (κ2) is 5.68. The predicted octanol–water partition coefficient (Wildman–Crippen LogP) is 2.35. The van der Waals surface area contributed by atoms with E-state index >= 15 is 0 Å². The third-order valence-electron chi connectivity index (χ3n) is 3.57. The number of aromatic nitrogens is 3. The van der Waals surface area contributed by atoms with Crippen LogP contribution in [-0.2, 0) is 19.0 Å². The van der Waals surface area contributed by atoms with Gasteiger partial charge in [-0.15, -0.1) is 10.2 Å². The highest BCUT2D eigenvalue weighted by molar-refractivity contribution is 5.95. The van der Waals surface area contributed by atoms with Crippen LogP contribution in [0.15, 0.2) is 24.3 Å². The quantitative estimate of drug-likeness (QED) is 0.942. The fourth-order valence-electron chi connectivity index (χ4n) is 2.19. The molecular weight excluding hydrogens is 264 g/mol. The van der Waals surface area contributed by atoms with Crippen LogP contribution in [0.1, 0.15) is 48.3 Å². The molecule has 0 spiro atoms. The molecular formula is C16H22N4O. The highest BCUT2D eigenvalue weighted by atomic mass is 16.1. The van der Waals surface area contributed by atoms with E-state index in [1.807, 2.05) is 42.8 Å². The minimum atomic E-state index is -0.0822. The Morgan fingerprint density at radius 1 is 1.24 bits per heavy atom. The predicted molar refractivity (Wildman–Crippen MR) is 82.1 cm³/mol. The van der Waals surface area contributed by atoms with Gasteiger partial charge >= 0.3 is 0 Å². The standard InChI is InChI=1S/C16H22N4O/c1-11-18-19-14(20(11)5)10-17-15(21)12-8-6-7-9-13(12)16(2,3)4/h6-9H,10H2,1-5H3,(H,17,21). The van der Waals surface area contributed by atoms with Crippen molar-refractivity contribution in [3.05, 3.63) is 47.0 Å². The number of nitrogens with zero attached hydrogens (tertiary/aromatic N) is 3. The van der Waals surface area contributed by atoms with E-state index in [1.54, 1.807) is 0 Å². The monoisotopic (exact) mass is 286 g/mol. The van der Waals surface area contributed by atoms with Crippen LogP contribution in [0, 0.1) is 6.92 Å². The fourth-order valence-corrected chi connectivity index (χ4v) is 2.19. The number of benzene rings is 1. The zero-order chi connectivity index (χ0) is 15.6. The van der Waals surface area contributed by atoms with Gasteiger partial charge in [0.25, 0.3) is 5.91 Å². The maximum atomic E-state index is 12.4. The molecule has 21 heavy (non-hydrogen) atoms. The van der Waals surface area contributed by atoms with E-state index < -0.39 is 0 Å². The number of aryl methyl sites for hydroxylation is 1. The summed E-state index contributed by atoms with van der Waals surface area (Å²) in [6.45, 7) is 8.56. The number of rotatable bonds is 3. The largest absolute Gasteiger partial charge is 0.345 e. The average molecular weight is 286 g/mol. The summed E-state index contributed by atoms with van der Waals surface area (Å²) in [6, 6.07) is 7.71. The molecule has 112 valence electrons. The van der Waals surface area contributed by atoms with Crippen molar-refractivity contribution in [1.29, 1.82) is 0 Å². The third kappa shape index (κ3) is 3.29. The van der Waals surface area contributed by atoms with Crippen LogP contribution < -0.4 is 5.32 Å². The third-order valence-corrected chi connectivity index (χ3v) is 3.57. The highest BCUT2D eigenvalue weighted by Gasteiger charge is 2.21. The first kappa shape index (κ1) is 15.2. The Balaban J connectivity index is 2.16. The van der Waals surface area contributed by atoms with Crippen LogP contribution in [0.25, 0.3) is 0 Å². The van der Waals surface area contributed by atoms with Crippen molar-refractivity contribution in [2.75, 3.05) is 0 Å². The van der Waals surface area contributed by atoms with Crippen LogP contribution in [0.4, 0.5) is 0 Å². The maximum absolute atomic E-state index is 12.4. The molecule has 0 radical (unpaired) electrons. The minimum absolute atomic E-state index is 0.0741. The van der Waals surface area contributed by atoms with E-state index in [9.17, 15) is 4.79 Å². The number of hydrogen-bond acceptors (Lipinski definition) is 3. The molecule has 0 aliphatic rings. The van der Waals surface area contributed by atoms with Gasteiger partial charge in [-0.1, -0.05) is 39.0 Å². The summed E-state index contributed by atoms with van der Waals surface area (Å²) in [4.78, 5) is 12.4. The summed E-state index contributed by atoms with van der Waals surface area (Å²) in [5, 5.41) is 11.0. The SMILES string of the molecule is Cc1nnc(CNC(=O)c2ccccc2C(C)(C)C)n1C. The van der Waals surface area contributed by atoms with E-state index in [2.05, 4.69) is 36.3 Å². The van der Waals surface area contributed by atoms with Crippen LogP contribution in [0.2, 0.25) is 0 Å². The van der Waals surface area contributed by atoms with Gasteiger partial charge in [0.1, 0.15) is 5.82 Å². The van der Waals surface area contributed by atoms with Gasteiger partial charge in [0.2, 0.25) is 0 Å². The molecule has 0 aliphatic carbocycles. The molecule has 1 aromatic carbocycles. The normalized spacial score (nSPS) is 11.5. The number of hydrogen-bond donors (Lipinski definition) is 1. The van der Waals surface area contributed by atoms with Crippen LogP contribution >= 0.6 is 0 Å².